The molecule has 15 heavy (non-hydrogen) atoms. The molecule has 1 aromatic carbocycles. The van der Waals surface area contributed by atoms with Gasteiger partial charge >= 0.3 is 0 Å². The second-order valence-electron chi connectivity index (χ2n) is 3.00. The number of Topliss-reactive ketones (excluding diaryl/α,β-unsaturated/α-hetero) is 1. The first-order valence-electron chi connectivity index (χ1n) is 4.28. The van der Waals surface area contributed by atoms with Gasteiger partial charge in [0.2, 0.25) is 0 Å². The lowest BCUT2D eigenvalue weighted by Gasteiger charge is -2.12. The number of hydrogen-bond donors (Lipinski definition) is 1. The lowest BCUT2D eigenvalue weighted by Crippen LogP contribution is -2.16. The molecule has 0 aliphatic heterocycles. The Morgan fingerprint density at radius 1 is 1.67 bits per heavy atom. The SMILES string of the molecule is COc1c(F)cc(Br)c(C)c1C(=O)CN. The summed E-state index contributed by atoms with van der Waals surface area (Å²) in [7, 11) is 1.32. The third-order valence-corrected chi connectivity index (χ3v) is 2.92. The fourth-order valence-corrected chi connectivity index (χ4v) is 1.73. The minimum Gasteiger partial charge on any atom is -0.493 e. The van der Waals surface area contributed by atoms with Crippen LogP contribution in [0.2, 0.25) is 0 Å². The zero-order valence-electron chi connectivity index (χ0n) is 8.43. The minimum absolute atomic E-state index is 0.0499. The van der Waals surface area contributed by atoms with Crippen LogP contribution in [0.5, 0.6) is 5.75 Å². The first-order valence-corrected chi connectivity index (χ1v) is 5.08. The number of halogens is 2. The van der Waals surface area contributed by atoms with E-state index in [0.29, 0.717) is 10.0 Å². The number of methoxy groups -OCH3 is 1. The lowest BCUT2D eigenvalue weighted by atomic mass is 10.0. The molecule has 3 nitrogen and oxygen atoms in total. The number of carbonyl (C=O) groups excluding carboxylic acids is 1. The van der Waals surface area contributed by atoms with Crippen molar-refractivity contribution in [1.29, 1.82) is 0 Å². The summed E-state index contributed by atoms with van der Waals surface area (Å²) in [5, 5.41) is 0. The Labute approximate surface area is 95.5 Å². The number of carbonyl (C=O) groups is 1. The molecule has 0 saturated heterocycles. The maximum absolute atomic E-state index is 13.4. The monoisotopic (exact) mass is 275 g/mol. The minimum atomic E-state index is -0.577. The topological polar surface area (TPSA) is 52.3 Å². The van der Waals surface area contributed by atoms with E-state index in [-0.39, 0.29) is 23.6 Å². The number of rotatable bonds is 3. The van der Waals surface area contributed by atoms with Gasteiger partial charge in [0.25, 0.3) is 0 Å². The van der Waals surface area contributed by atoms with Gasteiger partial charge in [0.15, 0.2) is 17.3 Å². The summed E-state index contributed by atoms with van der Waals surface area (Å²) in [6, 6.07) is 1.27. The molecule has 1 aromatic rings. The van der Waals surface area contributed by atoms with Gasteiger partial charge in [-0.2, -0.15) is 0 Å². The highest BCUT2D eigenvalue weighted by Crippen LogP contribution is 2.31. The van der Waals surface area contributed by atoms with Crippen LogP contribution >= 0.6 is 15.9 Å². The fraction of sp³-hybridized carbons (Fsp3) is 0.300. The molecule has 0 amide bonds. The first-order chi connectivity index (χ1) is 7.02. The van der Waals surface area contributed by atoms with Crippen LogP contribution in [0.15, 0.2) is 10.5 Å². The van der Waals surface area contributed by atoms with E-state index in [9.17, 15) is 9.18 Å². The highest BCUT2D eigenvalue weighted by atomic mass is 79.9. The maximum atomic E-state index is 13.4. The molecule has 0 atom stereocenters. The lowest BCUT2D eigenvalue weighted by molar-refractivity contribution is 0.0997. The standard InChI is InChI=1S/C10H11BrFNO2/c1-5-6(11)3-7(12)10(15-2)9(5)8(14)4-13/h3H,4,13H2,1-2H3. The van der Waals surface area contributed by atoms with Crippen LogP contribution in [0.3, 0.4) is 0 Å². The second-order valence-corrected chi connectivity index (χ2v) is 3.86. The van der Waals surface area contributed by atoms with Crippen LogP contribution in [0, 0.1) is 12.7 Å². The summed E-state index contributed by atoms with van der Waals surface area (Å²) in [4.78, 5) is 11.5. The molecular weight excluding hydrogens is 265 g/mol. The molecule has 5 heteroatoms. The van der Waals surface area contributed by atoms with E-state index < -0.39 is 5.82 Å². The van der Waals surface area contributed by atoms with Gasteiger partial charge in [-0.05, 0) is 18.6 Å². The van der Waals surface area contributed by atoms with Crippen molar-refractivity contribution in [2.75, 3.05) is 13.7 Å². The molecule has 0 fully saturated rings. The predicted molar refractivity (Wildman–Crippen MR) is 58.8 cm³/mol. The smallest absolute Gasteiger partial charge is 0.180 e. The van der Waals surface area contributed by atoms with E-state index in [4.69, 9.17) is 10.5 Å². The van der Waals surface area contributed by atoms with Gasteiger partial charge in [0, 0.05) is 4.47 Å². The third-order valence-electron chi connectivity index (χ3n) is 2.10. The van der Waals surface area contributed by atoms with Gasteiger partial charge in [-0.15, -0.1) is 0 Å². The fourth-order valence-electron chi connectivity index (χ4n) is 1.33. The molecule has 0 unspecified atom stereocenters. The van der Waals surface area contributed by atoms with E-state index in [2.05, 4.69) is 15.9 Å². The summed E-state index contributed by atoms with van der Waals surface area (Å²) in [5.74, 6) is -0.970. The van der Waals surface area contributed by atoms with Crippen LogP contribution in [-0.2, 0) is 0 Å². The van der Waals surface area contributed by atoms with Crippen LogP contribution in [0.1, 0.15) is 15.9 Å². The molecule has 0 spiro atoms. The molecule has 2 N–H and O–H groups in total. The molecule has 0 radical (unpaired) electrons. The summed E-state index contributed by atoms with van der Waals surface area (Å²) in [6.07, 6.45) is 0. The summed E-state index contributed by atoms with van der Waals surface area (Å²) in [6.45, 7) is 1.53. The molecule has 0 aliphatic carbocycles. The molecule has 0 aliphatic rings. The van der Waals surface area contributed by atoms with Crippen molar-refractivity contribution in [2.24, 2.45) is 5.73 Å². The zero-order chi connectivity index (χ0) is 11.6. The number of ether oxygens (including phenoxy) is 1. The Morgan fingerprint density at radius 2 is 2.27 bits per heavy atom. The third kappa shape index (κ3) is 2.18. The van der Waals surface area contributed by atoms with Crippen LogP contribution in [0.25, 0.3) is 0 Å². The Bertz CT molecular complexity index is 407. The maximum Gasteiger partial charge on any atom is 0.180 e. The average Bonchev–Trinajstić information content (AvgIpc) is 2.21. The predicted octanol–water partition coefficient (Wildman–Crippen LogP) is 2.05. The van der Waals surface area contributed by atoms with E-state index in [1.165, 1.54) is 13.2 Å². The van der Waals surface area contributed by atoms with E-state index in [0.717, 1.165) is 0 Å². The van der Waals surface area contributed by atoms with Crippen molar-refractivity contribution < 1.29 is 13.9 Å². The number of hydrogen-bond acceptors (Lipinski definition) is 3. The van der Waals surface area contributed by atoms with Gasteiger partial charge in [0.1, 0.15) is 0 Å². The Morgan fingerprint density at radius 3 is 2.73 bits per heavy atom. The summed E-state index contributed by atoms with van der Waals surface area (Å²) < 4.78 is 18.8. The van der Waals surface area contributed by atoms with E-state index in [1.54, 1.807) is 6.92 Å². The van der Waals surface area contributed by atoms with Crippen molar-refractivity contribution in [2.45, 2.75) is 6.92 Å². The van der Waals surface area contributed by atoms with Crippen molar-refractivity contribution in [1.82, 2.24) is 0 Å². The molecule has 1 rings (SSSR count). The molecule has 0 bridgehead atoms. The van der Waals surface area contributed by atoms with E-state index >= 15 is 0 Å². The molecule has 82 valence electrons. The average molecular weight is 276 g/mol. The normalized spacial score (nSPS) is 10.2. The number of benzene rings is 1. The molecule has 0 aromatic heterocycles. The van der Waals surface area contributed by atoms with Gasteiger partial charge in [-0.3, -0.25) is 4.79 Å². The van der Waals surface area contributed by atoms with Crippen molar-refractivity contribution in [3.05, 3.63) is 27.5 Å². The number of ketones is 1. The zero-order valence-corrected chi connectivity index (χ0v) is 10.0. The van der Waals surface area contributed by atoms with Crippen molar-refractivity contribution in [3.63, 3.8) is 0 Å². The van der Waals surface area contributed by atoms with Gasteiger partial charge in [0.05, 0.1) is 19.2 Å². The molecule has 0 saturated carbocycles. The summed E-state index contributed by atoms with van der Waals surface area (Å²) >= 11 is 3.17. The van der Waals surface area contributed by atoms with Crippen LogP contribution < -0.4 is 10.5 Å². The number of nitrogens with two attached hydrogens (primary N) is 1. The largest absolute Gasteiger partial charge is 0.493 e. The van der Waals surface area contributed by atoms with Crippen molar-refractivity contribution in [3.8, 4) is 5.75 Å². The highest BCUT2D eigenvalue weighted by molar-refractivity contribution is 9.10. The van der Waals surface area contributed by atoms with E-state index in [1.807, 2.05) is 0 Å². The van der Waals surface area contributed by atoms with Gasteiger partial charge < -0.3 is 10.5 Å². The Hall–Kier alpha value is -0.940. The Balaban J connectivity index is 3.50. The van der Waals surface area contributed by atoms with Gasteiger partial charge in [-0.1, -0.05) is 15.9 Å². The Kier molecular flexibility index (Phi) is 3.82. The van der Waals surface area contributed by atoms with Crippen LogP contribution in [-0.4, -0.2) is 19.4 Å². The highest BCUT2D eigenvalue weighted by Gasteiger charge is 2.20. The molecule has 0 heterocycles. The first kappa shape index (κ1) is 12.1. The summed E-state index contributed by atoms with van der Waals surface area (Å²) in [5.41, 5.74) is 6.08. The van der Waals surface area contributed by atoms with Gasteiger partial charge in [-0.25, -0.2) is 4.39 Å². The van der Waals surface area contributed by atoms with Crippen LogP contribution in [0.4, 0.5) is 4.39 Å². The molecular formula is C10H11BrFNO2. The second kappa shape index (κ2) is 4.72. The quantitative estimate of drug-likeness (QED) is 0.859. The van der Waals surface area contributed by atoms with Crippen molar-refractivity contribution >= 4 is 21.7 Å².